The Hall–Kier alpha value is -6.60. The van der Waals surface area contributed by atoms with Gasteiger partial charge in [0.25, 0.3) is 6.71 Å². The van der Waals surface area contributed by atoms with Crippen molar-refractivity contribution in [1.82, 2.24) is 0 Å². The lowest BCUT2D eigenvalue weighted by Crippen LogP contribution is -2.61. The third kappa shape index (κ3) is 5.85. The highest BCUT2D eigenvalue weighted by Gasteiger charge is 2.45. The fraction of sp³-hybridized carbons (Fsp3) is 0.208. The van der Waals surface area contributed by atoms with Gasteiger partial charge >= 0.3 is 0 Å². The first-order chi connectivity index (χ1) is 28.9. The Kier molecular flexibility index (Phi) is 8.03. The Morgan fingerprint density at radius 2 is 0.950 bits per heavy atom. The van der Waals surface area contributed by atoms with E-state index in [-0.39, 0.29) is 31.1 Å². The van der Waals surface area contributed by atoms with Crippen molar-refractivity contribution >= 4 is 57.2 Å². The van der Waals surface area contributed by atoms with Gasteiger partial charge in [-0.3, -0.25) is 0 Å². The van der Waals surface area contributed by atoms with E-state index in [1.54, 1.807) is 0 Å². The molecule has 296 valence electrons. The predicted octanol–water partition coefficient (Wildman–Crippen LogP) is 11.5. The second kappa shape index (κ2) is 13.2. The van der Waals surface area contributed by atoms with E-state index in [0.717, 1.165) is 68.1 Å². The van der Waals surface area contributed by atoms with E-state index in [9.17, 15) is 0 Å². The second-order valence-corrected chi connectivity index (χ2v) is 18.6. The maximum absolute atomic E-state index is 6.10. The largest absolute Gasteiger partial charge is 0.454 e. The van der Waals surface area contributed by atoms with Gasteiger partial charge in [-0.1, -0.05) is 114 Å². The van der Waals surface area contributed by atoms with Crippen LogP contribution in [0.1, 0.15) is 58.2 Å². The normalized spacial score (nSPS) is 14.6. The summed E-state index contributed by atoms with van der Waals surface area (Å²) in [6.07, 6.45) is 0. The number of ether oxygens (including phenoxy) is 4. The zero-order chi connectivity index (χ0) is 41.1. The first kappa shape index (κ1) is 36.5. The van der Waals surface area contributed by atoms with Crippen LogP contribution in [0.5, 0.6) is 23.0 Å². The van der Waals surface area contributed by atoms with Crippen LogP contribution < -0.4 is 45.1 Å². The summed E-state index contributed by atoms with van der Waals surface area (Å²) < 4.78 is 23.9. The van der Waals surface area contributed by atoms with Gasteiger partial charge in [-0.05, 0) is 122 Å². The van der Waals surface area contributed by atoms with Gasteiger partial charge in [-0.15, -0.1) is 0 Å². The zero-order valence-electron chi connectivity index (χ0n) is 35.2. The third-order valence-electron chi connectivity index (χ3n) is 12.6. The molecule has 4 aliphatic heterocycles. The summed E-state index contributed by atoms with van der Waals surface area (Å²) in [5, 5.41) is 0. The van der Waals surface area contributed by atoms with E-state index in [1.165, 1.54) is 44.3 Å². The number of fused-ring (bicyclic) bond motifs is 6. The molecule has 0 saturated carbocycles. The van der Waals surface area contributed by atoms with Crippen LogP contribution in [0.15, 0.2) is 133 Å². The van der Waals surface area contributed by atoms with Crippen LogP contribution in [0.4, 0.5) is 34.1 Å². The van der Waals surface area contributed by atoms with E-state index in [4.69, 9.17) is 18.9 Å². The Labute approximate surface area is 353 Å². The topological polar surface area (TPSA) is 43.4 Å². The summed E-state index contributed by atoms with van der Waals surface area (Å²) in [7, 11) is 0. The molecule has 0 fully saturated rings. The number of hydrogen-bond donors (Lipinski definition) is 0. The summed E-state index contributed by atoms with van der Waals surface area (Å²) in [6, 6.07) is 49.5. The molecular formula is C53H47BN2O4. The number of hydrogen-bond acceptors (Lipinski definition) is 6. The van der Waals surface area contributed by atoms with E-state index in [1.807, 2.05) is 6.07 Å². The van der Waals surface area contributed by atoms with Gasteiger partial charge in [0.2, 0.25) is 13.6 Å². The molecule has 4 heterocycles. The van der Waals surface area contributed by atoms with Gasteiger partial charge in [0.1, 0.15) is 0 Å². The lowest BCUT2D eigenvalue weighted by atomic mass is 9.33. The molecule has 4 aliphatic rings. The van der Waals surface area contributed by atoms with Crippen molar-refractivity contribution in [2.45, 2.75) is 59.3 Å². The van der Waals surface area contributed by atoms with Crippen LogP contribution in [-0.4, -0.2) is 20.3 Å². The maximum Gasteiger partial charge on any atom is 0.252 e. The number of aryl methyl sites for hydroxylation is 1. The van der Waals surface area contributed by atoms with Gasteiger partial charge in [0.15, 0.2) is 23.0 Å². The van der Waals surface area contributed by atoms with Gasteiger partial charge in [0.05, 0.1) is 5.69 Å². The molecule has 0 aromatic heterocycles. The predicted molar refractivity (Wildman–Crippen MR) is 246 cm³/mol. The average Bonchev–Trinajstić information content (AvgIpc) is 3.91. The molecule has 7 aromatic carbocycles. The lowest BCUT2D eigenvalue weighted by Gasteiger charge is -2.44. The van der Waals surface area contributed by atoms with Crippen molar-refractivity contribution in [2.75, 3.05) is 23.4 Å². The molecule has 0 atom stereocenters. The fourth-order valence-electron chi connectivity index (χ4n) is 9.43. The molecule has 11 rings (SSSR count). The molecular weight excluding hydrogens is 739 g/mol. The van der Waals surface area contributed by atoms with E-state index in [2.05, 4.69) is 186 Å². The van der Waals surface area contributed by atoms with Crippen molar-refractivity contribution in [3.8, 4) is 45.3 Å². The Morgan fingerprint density at radius 1 is 0.433 bits per heavy atom. The molecule has 7 aromatic rings. The lowest BCUT2D eigenvalue weighted by molar-refractivity contribution is 0.173. The number of benzene rings is 7. The Balaban J connectivity index is 1.15. The van der Waals surface area contributed by atoms with Gasteiger partial charge in [0, 0.05) is 40.6 Å². The van der Waals surface area contributed by atoms with Crippen molar-refractivity contribution in [3.63, 3.8) is 0 Å². The Morgan fingerprint density at radius 3 is 1.57 bits per heavy atom. The molecule has 6 nitrogen and oxygen atoms in total. The van der Waals surface area contributed by atoms with Gasteiger partial charge < -0.3 is 28.7 Å². The maximum atomic E-state index is 6.10. The zero-order valence-corrected chi connectivity index (χ0v) is 35.2. The minimum atomic E-state index is -0.0814. The van der Waals surface area contributed by atoms with Crippen LogP contribution >= 0.6 is 0 Å². The first-order valence-electron chi connectivity index (χ1n) is 20.9. The molecule has 0 N–H and O–H groups in total. The van der Waals surface area contributed by atoms with Crippen LogP contribution in [0, 0.1) is 6.92 Å². The number of nitrogens with zero attached hydrogens (tertiary/aromatic N) is 2. The SMILES string of the molecule is Cc1cc2c3c(c1)N(c1ccc4c(c1)OCO4)c1cc4c(cc1B3c1ccc(-c3ccc(C(C)(C)C)cc3)cc1N2c1cccc(-c2ccc(C(C)(C)C)cc2)c1)OCO4. The highest BCUT2D eigenvalue weighted by molar-refractivity contribution is 7.00. The van der Waals surface area contributed by atoms with E-state index >= 15 is 0 Å². The molecule has 0 radical (unpaired) electrons. The van der Waals surface area contributed by atoms with Crippen molar-refractivity contribution < 1.29 is 18.9 Å². The second-order valence-electron chi connectivity index (χ2n) is 18.6. The summed E-state index contributed by atoms with van der Waals surface area (Å²) in [6.45, 7) is 16.1. The van der Waals surface area contributed by atoms with E-state index < -0.39 is 0 Å². The molecule has 60 heavy (non-hydrogen) atoms. The number of rotatable bonds is 4. The molecule has 0 spiro atoms. The van der Waals surface area contributed by atoms with Crippen LogP contribution in [-0.2, 0) is 10.8 Å². The van der Waals surface area contributed by atoms with Crippen molar-refractivity contribution in [1.29, 1.82) is 0 Å². The summed E-state index contributed by atoms with van der Waals surface area (Å²) >= 11 is 0. The molecule has 7 heteroatoms. The standard InChI is InChI=1S/C53H47BN2O4/c1-32-23-45-51-46(24-32)56(40-20-22-47-48(27-40)58-30-57-47)44-29-50-49(59-31-60-50)28-42(44)54(51)41-21-15-36(34-13-18-38(19-14-34)53(5,6)7)26-43(41)55(45)39-10-8-9-35(25-39)33-11-16-37(17-12-33)52(2,3)4/h8-29H,30-31H2,1-7H3. The smallest absolute Gasteiger partial charge is 0.252 e. The quantitative estimate of drug-likeness (QED) is 0.166. The first-order valence-corrected chi connectivity index (χ1v) is 20.9. The molecule has 0 bridgehead atoms. The van der Waals surface area contributed by atoms with Gasteiger partial charge in [-0.2, -0.15) is 0 Å². The molecule has 0 aliphatic carbocycles. The van der Waals surface area contributed by atoms with Crippen molar-refractivity contribution in [2.24, 2.45) is 0 Å². The van der Waals surface area contributed by atoms with Crippen LogP contribution in [0.25, 0.3) is 22.3 Å². The van der Waals surface area contributed by atoms with Gasteiger partial charge in [-0.25, -0.2) is 0 Å². The monoisotopic (exact) mass is 786 g/mol. The van der Waals surface area contributed by atoms with Crippen molar-refractivity contribution in [3.05, 3.63) is 150 Å². The highest BCUT2D eigenvalue weighted by Crippen LogP contribution is 2.49. The third-order valence-corrected chi connectivity index (χ3v) is 12.6. The average molecular weight is 787 g/mol. The number of anilines is 6. The Bertz CT molecular complexity index is 2870. The summed E-state index contributed by atoms with van der Waals surface area (Å²) in [5.41, 5.74) is 18.9. The fourth-order valence-corrected chi connectivity index (χ4v) is 9.43. The summed E-state index contributed by atoms with van der Waals surface area (Å²) in [5.74, 6) is 3.00. The molecule has 0 unspecified atom stereocenters. The molecule has 0 saturated heterocycles. The highest BCUT2D eigenvalue weighted by atomic mass is 16.7. The molecule has 0 amide bonds. The van der Waals surface area contributed by atoms with E-state index in [0.29, 0.717) is 0 Å². The minimum Gasteiger partial charge on any atom is -0.454 e. The minimum absolute atomic E-state index is 0.0698. The summed E-state index contributed by atoms with van der Waals surface area (Å²) in [4.78, 5) is 4.86. The van der Waals surface area contributed by atoms with Crippen LogP contribution in [0.2, 0.25) is 0 Å². The van der Waals surface area contributed by atoms with Crippen LogP contribution in [0.3, 0.4) is 0 Å².